The summed E-state index contributed by atoms with van der Waals surface area (Å²) in [6.45, 7) is 3.63. The van der Waals surface area contributed by atoms with Crippen LogP contribution in [0.2, 0.25) is 0 Å². The summed E-state index contributed by atoms with van der Waals surface area (Å²) < 4.78 is 5.45. The molecule has 2 aromatic heterocycles. The highest BCUT2D eigenvalue weighted by molar-refractivity contribution is 7.14. The van der Waals surface area contributed by atoms with E-state index in [2.05, 4.69) is 4.98 Å². The molecule has 5 rings (SSSR count). The minimum Gasteiger partial charge on any atom is -0.503 e. The third-order valence-electron chi connectivity index (χ3n) is 5.86. The number of non-ortho nitro benzene ring substituents is 1. The predicted octanol–water partition coefficient (Wildman–Crippen LogP) is 5.71. The first-order valence-corrected chi connectivity index (χ1v) is 11.8. The fourth-order valence-corrected chi connectivity index (χ4v) is 4.94. The molecule has 1 unspecified atom stereocenters. The van der Waals surface area contributed by atoms with Crippen LogP contribution >= 0.6 is 11.3 Å². The number of ketones is 1. The minimum atomic E-state index is -1.15. The average Bonchev–Trinajstić information content (AvgIpc) is 3.58. The number of anilines is 1. The maximum Gasteiger partial charge on any atom is 0.296 e. The highest BCUT2D eigenvalue weighted by Crippen LogP contribution is 2.44. The molecule has 1 N–H and O–H groups in total. The smallest absolute Gasteiger partial charge is 0.296 e. The van der Waals surface area contributed by atoms with Gasteiger partial charge in [0.25, 0.3) is 11.6 Å². The number of nitro groups is 1. The molecule has 9 nitrogen and oxygen atoms in total. The van der Waals surface area contributed by atoms with Crippen molar-refractivity contribution in [3.8, 4) is 11.3 Å². The van der Waals surface area contributed by atoms with Crippen molar-refractivity contribution in [3.05, 3.63) is 110 Å². The summed E-state index contributed by atoms with van der Waals surface area (Å²) in [5, 5.41) is 24.3. The molecule has 1 atom stereocenters. The van der Waals surface area contributed by atoms with Crippen molar-refractivity contribution in [1.82, 2.24) is 4.98 Å². The van der Waals surface area contributed by atoms with Crippen molar-refractivity contribution in [2.75, 3.05) is 4.90 Å². The van der Waals surface area contributed by atoms with Crippen LogP contribution in [-0.4, -0.2) is 26.7 Å². The Morgan fingerprint density at radius 1 is 1.14 bits per heavy atom. The van der Waals surface area contributed by atoms with Gasteiger partial charge in [-0.25, -0.2) is 4.98 Å². The van der Waals surface area contributed by atoms with E-state index < -0.39 is 28.4 Å². The van der Waals surface area contributed by atoms with Crippen molar-refractivity contribution >= 4 is 33.8 Å². The third-order valence-corrected chi connectivity index (χ3v) is 6.70. The fraction of sp³-hybridized carbons (Fsp3) is 0.115. The van der Waals surface area contributed by atoms with Gasteiger partial charge in [0.2, 0.25) is 5.78 Å². The molecular formula is C26H19N3O6S. The van der Waals surface area contributed by atoms with Gasteiger partial charge in [0.15, 0.2) is 16.7 Å². The lowest BCUT2D eigenvalue weighted by Crippen LogP contribution is -2.31. The first-order chi connectivity index (χ1) is 17.2. The van der Waals surface area contributed by atoms with Gasteiger partial charge in [-0.2, -0.15) is 0 Å². The maximum absolute atomic E-state index is 13.4. The van der Waals surface area contributed by atoms with Gasteiger partial charge in [0.1, 0.15) is 5.76 Å². The molecule has 1 aliphatic heterocycles. The Morgan fingerprint density at radius 3 is 2.56 bits per heavy atom. The number of hydrogen-bond donors (Lipinski definition) is 1. The van der Waals surface area contributed by atoms with Gasteiger partial charge in [0, 0.05) is 23.1 Å². The van der Waals surface area contributed by atoms with E-state index in [4.69, 9.17) is 4.42 Å². The highest BCUT2D eigenvalue weighted by atomic mass is 32.1. The molecule has 4 aromatic rings. The van der Waals surface area contributed by atoms with Gasteiger partial charge >= 0.3 is 0 Å². The number of carbonyl (C=O) groups is 2. The Balaban J connectivity index is 1.64. The molecule has 2 aromatic carbocycles. The van der Waals surface area contributed by atoms with Crippen LogP contribution in [0.5, 0.6) is 0 Å². The van der Waals surface area contributed by atoms with E-state index in [-0.39, 0.29) is 27.7 Å². The second kappa shape index (κ2) is 8.90. The molecule has 0 saturated heterocycles. The molecule has 36 heavy (non-hydrogen) atoms. The fourth-order valence-electron chi connectivity index (χ4n) is 4.08. The van der Waals surface area contributed by atoms with E-state index in [1.165, 1.54) is 29.2 Å². The number of Topliss-reactive ketones (excluding diaryl/α,β-unsaturated/α-hetero) is 1. The summed E-state index contributed by atoms with van der Waals surface area (Å²) in [4.78, 5) is 43.4. The summed E-state index contributed by atoms with van der Waals surface area (Å²) in [5.74, 6) is -1.85. The van der Waals surface area contributed by atoms with Crippen molar-refractivity contribution < 1.29 is 24.0 Å². The molecule has 3 heterocycles. The molecule has 0 fully saturated rings. The predicted molar refractivity (Wildman–Crippen MR) is 133 cm³/mol. The maximum atomic E-state index is 13.4. The number of benzene rings is 2. The summed E-state index contributed by atoms with van der Waals surface area (Å²) in [6, 6.07) is 15.2. The van der Waals surface area contributed by atoms with E-state index in [0.29, 0.717) is 11.5 Å². The summed E-state index contributed by atoms with van der Waals surface area (Å²) in [6.07, 6.45) is 0. The van der Waals surface area contributed by atoms with Gasteiger partial charge < -0.3 is 9.52 Å². The van der Waals surface area contributed by atoms with E-state index in [9.17, 15) is 24.8 Å². The lowest BCUT2D eigenvalue weighted by atomic mass is 9.95. The van der Waals surface area contributed by atoms with Gasteiger partial charge in [0.05, 0.1) is 22.2 Å². The number of aromatic nitrogens is 1. The topological polar surface area (TPSA) is 127 Å². The number of rotatable bonds is 6. The molecule has 1 aliphatic rings. The zero-order valence-corrected chi connectivity index (χ0v) is 20.0. The second-order valence-electron chi connectivity index (χ2n) is 8.31. The number of thiazole rings is 1. The first-order valence-electron chi connectivity index (χ1n) is 10.9. The normalized spacial score (nSPS) is 15.6. The van der Waals surface area contributed by atoms with Crippen LogP contribution in [0.15, 0.2) is 81.8 Å². The number of aliphatic hydroxyl groups is 1. The molecule has 10 heteroatoms. The largest absolute Gasteiger partial charge is 0.503 e. The number of furan rings is 1. The monoisotopic (exact) mass is 501 g/mol. The van der Waals surface area contributed by atoms with Crippen LogP contribution in [0.3, 0.4) is 0 Å². The Bertz CT molecular complexity index is 1550. The zero-order valence-electron chi connectivity index (χ0n) is 19.2. The molecule has 180 valence electrons. The van der Waals surface area contributed by atoms with Crippen LogP contribution in [-0.2, 0) is 4.79 Å². The van der Waals surface area contributed by atoms with E-state index in [1.807, 2.05) is 31.2 Å². The van der Waals surface area contributed by atoms with Gasteiger partial charge in [-0.15, -0.1) is 11.3 Å². The molecule has 0 spiro atoms. The number of hydrogen-bond acceptors (Lipinski definition) is 8. The van der Waals surface area contributed by atoms with Crippen molar-refractivity contribution in [3.63, 3.8) is 0 Å². The van der Waals surface area contributed by atoms with Crippen LogP contribution in [0.4, 0.5) is 10.8 Å². The standard InChI is InChI=1S/C26H19N3O6S/c1-14-6-9-16(10-7-14)19-13-36-26(27-19)28-22(17-4-3-5-18(12-17)29(33)34)21(24(31)25(28)32)23(30)20-11-8-15(2)35-20/h3-13,22,31H,1-2H3. The molecular weight excluding hydrogens is 482 g/mol. The van der Waals surface area contributed by atoms with Gasteiger partial charge in [-0.3, -0.25) is 24.6 Å². The van der Waals surface area contributed by atoms with Crippen molar-refractivity contribution in [1.29, 1.82) is 0 Å². The van der Waals surface area contributed by atoms with Gasteiger partial charge in [-0.1, -0.05) is 42.0 Å². The summed E-state index contributed by atoms with van der Waals surface area (Å²) >= 11 is 1.16. The number of nitrogens with zero attached hydrogens (tertiary/aromatic N) is 3. The summed E-state index contributed by atoms with van der Waals surface area (Å²) in [7, 11) is 0. The number of aliphatic hydroxyl groups excluding tert-OH is 1. The molecule has 0 radical (unpaired) electrons. The Kier molecular flexibility index (Phi) is 5.73. The summed E-state index contributed by atoms with van der Waals surface area (Å²) in [5.41, 5.74) is 2.36. The zero-order chi connectivity index (χ0) is 25.6. The second-order valence-corrected chi connectivity index (χ2v) is 9.15. The highest BCUT2D eigenvalue weighted by Gasteiger charge is 2.46. The Hall–Kier alpha value is -4.57. The minimum absolute atomic E-state index is 0.0568. The van der Waals surface area contributed by atoms with Crippen molar-refractivity contribution in [2.24, 2.45) is 0 Å². The number of amides is 1. The SMILES string of the molecule is Cc1ccc(-c2csc(N3C(=O)C(O)=C(C(=O)c4ccc(C)o4)C3c3cccc([N+](=O)[O-])c3)n2)cc1. The number of carbonyl (C=O) groups excluding carboxylic acids is 2. The quantitative estimate of drug-likeness (QED) is 0.204. The van der Waals surface area contributed by atoms with Gasteiger partial charge in [-0.05, 0) is 31.5 Å². The molecule has 1 amide bonds. The lowest BCUT2D eigenvalue weighted by Gasteiger charge is -2.24. The van der Waals surface area contributed by atoms with Crippen LogP contribution in [0, 0.1) is 24.0 Å². The van der Waals surface area contributed by atoms with Crippen LogP contribution in [0.1, 0.15) is 33.5 Å². The average molecular weight is 502 g/mol. The molecule has 0 saturated carbocycles. The Labute approximate surface area is 209 Å². The Morgan fingerprint density at radius 2 is 1.89 bits per heavy atom. The lowest BCUT2D eigenvalue weighted by molar-refractivity contribution is -0.384. The van der Waals surface area contributed by atoms with Crippen molar-refractivity contribution in [2.45, 2.75) is 19.9 Å². The number of aryl methyl sites for hydroxylation is 2. The van der Waals surface area contributed by atoms with Crippen LogP contribution < -0.4 is 4.90 Å². The van der Waals surface area contributed by atoms with Crippen LogP contribution in [0.25, 0.3) is 11.3 Å². The van der Waals surface area contributed by atoms with E-state index in [0.717, 1.165) is 22.5 Å². The molecule has 0 bridgehead atoms. The first kappa shape index (κ1) is 23.2. The number of nitro benzene ring substituents is 1. The van der Waals surface area contributed by atoms with E-state index in [1.54, 1.807) is 24.4 Å². The molecule has 0 aliphatic carbocycles. The van der Waals surface area contributed by atoms with E-state index >= 15 is 0 Å². The third kappa shape index (κ3) is 3.97.